The van der Waals surface area contributed by atoms with Gasteiger partial charge in [-0.15, -0.1) is 0 Å². The second kappa shape index (κ2) is 8.10. The molecule has 5 nitrogen and oxygen atoms in total. The van der Waals surface area contributed by atoms with Gasteiger partial charge in [0.2, 0.25) is 17.7 Å². The van der Waals surface area contributed by atoms with Crippen molar-refractivity contribution in [2.45, 2.75) is 32.1 Å². The van der Waals surface area contributed by atoms with E-state index < -0.39 is 0 Å². The van der Waals surface area contributed by atoms with E-state index in [0.717, 1.165) is 6.42 Å². The third kappa shape index (κ3) is 4.16. The molecule has 1 N–H and O–H groups in total. The lowest BCUT2D eigenvalue weighted by Crippen LogP contribution is -2.33. The number of hydrogen-bond acceptors (Lipinski definition) is 3. The monoisotopic (exact) mass is 340 g/mol. The summed E-state index contributed by atoms with van der Waals surface area (Å²) in [6.45, 7) is 0.941. The predicted molar refractivity (Wildman–Crippen MR) is 94.5 cm³/mol. The van der Waals surface area contributed by atoms with E-state index in [9.17, 15) is 14.4 Å². The largest absolute Gasteiger partial charge is 0.356 e. The summed E-state index contributed by atoms with van der Waals surface area (Å²) in [5, 5.41) is 2.89. The zero-order valence-electron chi connectivity index (χ0n) is 14.3. The Morgan fingerprint density at radius 2 is 1.68 bits per heavy atom. The molecule has 1 aromatic carbocycles. The maximum atomic E-state index is 12.3. The molecule has 1 aliphatic heterocycles. The van der Waals surface area contributed by atoms with Crippen molar-refractivity contribution in [1.29, 1.82) is 0 Å². The number of amides is 3. The van der Waals surface area contributed by atoms with Crippen LogP contribution in [0.25, 0.3) is 0 Å². The van der Waals surface area contributed by atoms with Crippen molar-refractivity contribution >= 4 is 17.7 Å². The molecule has 3 rings (SSSR count). The lowest BCUT2D eigenvalue weighted by atomic mass is 9.85. The van der Waals surface area contributed by atoms with E-state index >= 15 is 0 Å². The van der Waals surface area contributed by atoms with Crippen molar-refractivity contribution in [2.75, 3.05) is 13.1 Å². The third-order valence-electron chi connectivity index (χ3n) is 4.96. The Balaban J connectivity index is 1.37. The molecule has 132 valence electrons. The van der Waals surface area contributed by atoms with Gasteiger partial charge in [0, 0.05) is 19.5 Å². The first kappa shape index (κ1) is 17.4. The number of nitrogens with zero attached hydrogens (tertiary/aromatic N) is 1. The molecule has 0 radical (unpaired) electrons. The number of fused-ring (bicyclic) bond motifs is 1. The van der Waals surface area contributed by atoms with Gasteiger partial charge in [-0.25, -0.2) is 0 Å². The normalized spacial score (nSPS) is 22.2. The van der Waals surface area contributed by atoms with Crippen LogP contribution in [0.1, 0.15) is 31.2 Å². The third-order valence-corrected chi connectivity index (χ3v) is 4.96. The van der Waals surface area contributed by atoms with Crippen LogP contribution in [-0.4, -0.2) is 35.7 Å². The first-order valence-electron chi connectivity index (χ1n) is 8.97. The van der Waals surface area contributed by atoms with Crippen molar-refractivity contribution in [3.63, 3.8) is 0 Å². The molecular formula is C20H24N2O3. The molecule has 1 aromatic rings. The Hall–Kier alpha value is -2.43. The van der Waals surface area contributed by atoms with Crippen LogP contribution < -0.4 is 5.32 Å². The molecule has 0 bridgehead atoms. The highest BCUT2D eigenvalue weighted by Gasteiger charge is 2.46. The highest BCUT2D eigenvalue weighted by atomic mass is 16.2. The van der Waals surface area contributed by atoms with Gasteiger partial charge in [0.05, 0.1) is 11.8 Å². The summed E-state index contributed by atoms with van der Waals surface area (Å²) in [5.74, 6) is -0.531. The topological polar surface area (TPSA) is 66.5 Å². The average Bonchev–Trinajstić information content (AvgIpc) is 2.88. The van der Waals surface area contributed by atoms with Crippen molar-refractivity contribution in [2.24, 2.45) is 11.8 Å². The summed E-state index contributed by atoms with van der Waals surface area (Å²) in [4.78, 5) is 37.9. The summed E-state index contributed by atoms with van der Waals surface area (Å²) >= 11 is 0. The number of rotatable bonds is 7. The Morgan fingerprint density at radius 3 is 2.32 bits per heavy atom. The van der Waals surface area contributed by atoms with E-state index in [4.69, 9.17) is 0 Å². The van der Waals surface area contributed by atoms with Gasteiger partial charge in [0.1, 0.15) is 0 Å². The molecule has 1 aliphatic carbocycles. The fraction of sp³-hybridized carbons (Fsp3) is 0.450. The number of carbonyl (C=O) groups is 3. The van der Waals surface area contributed by atoms with Gasteiger partial charge in [0.15, 0.2) is 0 Å². The number of benzene rings is 1. The van der Waals surface area contributed by atoms with E-state index in [2.05, 4.69) is 5.32 Å². The number of hydrogen-bond donors (Lipinski definition) is 1. The number of likely N-dealkylation sites (tertiary alicyclic amines) is 1. The lowest BCUT2D eigenvalue weighted by molar-refractivity contribution is -0.140. The van der Waals surface area contributed by atoms with Gasteiger partial charge < -0.3 is 5.32 Å². The van der Waals surface area contributed by atoms with E-state index in [-0.39, 0.29) is 29.6 Å². The van der Waals surface area contributed by atoms with Crippen molar-refractivity contribution < 1.29 is 14.4 Å². The van der Waals surface area contributed by atoms with Crippen molar-refractivity contribution in [1.82, 2.24) is 10.2 Å². The van der Waals surface area contributed by atoms with Gasteiger partial charge in [-0.2, -0.15) is 0 Å². The molecular weight excluding hydrogens is 316 g/mol. The predicted octanol–water partition coefficient (Wildman–Crippen LogP) is 2.08. The molecule has 1 fully saturated rings. The van der Waals surface area contributed by atoms with E-state index in [1.165, 1.54) is 10.5 Å². The van der Waals surface area contributed by atoms with E-state index in [1.54, 1.807) is 0 Å². The Labute approximate surface area is 148 Å². The summed E-state index contributed by atoms with van der Waals surface area (Å²) in [6.07, 6.45) is 6.93. The molecule has 5 heteroatoms. The Morgan fingerprint density at radius 1 is 1.04 bits per heavy atom. The summed E-state index contributed by atoms with van der Waals surface area (Å²) in [5.41, 5.74) is 1.19. The molecule has 0 aromatic heterocycles. The maximum Gasteiger partial charge on any atom is 0.233 e. The van der Waals surface area contributed by atoms with Crippen molar-refractivity contribution in [3.05, 3.63) is 48.0 Å². The van der Waals surface area contributed by atoms with Gasteiger partial charge in [0.25, 0.3) is 0 Å². The quantitative estimate of drug-likeness (QED) is 0.610. The second-order valence-electron chi connectivity index (χ2n) is 6.67. The molecule has 25 heavy (non-hydrogen) atoms. The van der Waals surface area contributed by atoms with Crippen LogP contribution in [0.2, 0.25) is 0 Å². The fourth-order valence-corrected chi connectivity index (χ4v) is 3.57. The van der Waals surface area contributed by atoms with Gasteiger partial charge in [-0.1, -0.05) is 42.5 Å². The van der Waals surface area contributed by atoms with Crippen LogP contribution in [0.15, 0.2) is 42.5 Å². The van der Waals surface area contributed by atoms with Crippen molar-refractivity contribution in [3.8, 4) is 0 Å². The first-order valence-corrected chi connectivity index (χ1v) is 8.97. The van der Waals surface area contributed by atoms with E-state index in [1.807, 2.05) is 42.5 Å². The molecule has 0 unspecified atom stereocenters. The van der Waals surface area contributed by atoms with Gasteiger partial charge >= 0.3 is 0 Å². The fourth-order valence-electron chi connectivity index (χ4n) is 3.57. The smallest absolute Gasteiger partial charge is 0.233 e. The average molecular weight is 340 g/mol. The zero-order valence-corrected chi connectivity index (χ0v) is 14.3. The first-order chi connectivity index (χ1) is 12.2. The van der Waals surface area contributed by atoms with Crippen LogP contribution in [0.3, 0.4) is 0 Å². The Bertz CT molecular complexity index is 643. The van der Waals surface area contributed by atoms with Crippen LogP contribution in [0.5, 0.6) is 0 Å². The summed E-state index contributed by atoms with van der Waals surface area (Å²) < 4.78 is 0. The second-order valence-corrected chi connectivity index (χ2v) is 6.67. The van der Waals surface area contributed by atoms with Crippen LogP contribution >= 0.6 is 0 Å². The molecule has 1 heterocycles. The molecule has 1 saturated heterocycles. The minimum Gasteiger partial charge on any atom is -0.356 e. The number of imide groups is 1. The van der Waals surface area contributed by atoms with Crippen LogP contribution in [-0.2, 0) is 20.8 Å². The van der Waals surface area contributed by atoms with E-state index in [0.29, 0.717) is 38.8 Å². The molecule has 2 aliphatic rings. The maximum absolute atomic E-state index is 12.3. The molecule has 0 saturated carbocycles. The minimum absolute atomic E-state index is 0.0332. The Kier molecular flexibility index (Phi) is 5.64. The standard InChI is InChI=1S/C20H24N2O3/c23-18(21-13-12-15-7-2-1-3-8-15)11-6-14-22-19(24)16-9-4-5-10-17(16)20(22)25/h1-5,7-8,16-17H,6,9-14H2,(H,21,23)/t16-,17+. The number of carbonyl (C=O) groups excluding carboxylic acids is 3. The SMILES string of the molecule is O=C(CCCN1C(=O)[C@H]2CC=CC[C@H]2C1=O)NCCc1ccccc1. The minimum atomic E-state index is -0.183. The van der Waals surface area contributed by atoms with Crippen LogP contribution in [0.4, 0.5) is 0 Å². The zero-order chi connectivity index (χ0) is 17.6. The molecule has 2 atom stereocenters. The van der Waals surface area contributed by atoms with Crippen LogP contribution in [0, 0.1) is 11.8 Å². The summed E-state index contributed by atoms with van der Waals surface area (Å²) in [7, 11) is 0. The van der Waals surface area contributed by atoms with Gasteiger partial charge in [-0.3, -0.25) is 19.3 Å². The lowest BCUT2D eigenvalue weighted by Gasteiger charge is -2.14. The van der Waals surface area contributed by atoms with Gasteiger partial charge in [-0.05, 0) is 31.2 Å². The highest BCUT2D eigenvalue weighted by Crippen LogP contribution is 2.35. The number of allylic oxidation sites excluding steroid dienone is 2. The number of nitrogens with one attached hydrogen (secondary N) is 1. The molecule has 3 amide bonds. The molecule has 0 spiro atoms. The summed E-state index contributed by atoms with van der Waals surface area (Å²) in [6, 6.07) is 9.99. The highest BCUT2D eigenvalue weighted by molar-refractivity contribution is 6.05.